The van der Waals surface area contributed by atoms with Gasteiger partial charge in [0, 0.05) is 31.6 Å². The lowest BCUT2D eigenvalue weighted by Gasteiger charge is -2.08. The minimum atomic E-state index is -0.161. The van der Waals surface area contributed by atoms with Gasteiger partial charge in [-0.3, -0.25) is 9.59 Å². The molecule has 0 aliphatic carbocycles. The molecule has 8 heteroatoms. The van der Waals surface area contributed by atoms with Gasteiger partial charge in [0.25, 0.3) is 5.91 Å². The number of halogens is 1. The molecular formula is C28H20BrN3O2S2. The highest BCUT2D eigenvalue weighted by Gasteiger charge is 2.10. The topological polar surface area (TPSA) is 71.1 Å². The lowest BCUT2D eigenvalue weighted by molar-refractivity contribution is -0.113. The van der Waals surface area contributed by atoms with Crippen molar-refractivity contribution in [2.45, 2.75) is 4.90 Å². The molecule has 5 rings (SSSR count). The zero-order valence-electron chi connectivity index (χ0n) is 18.9. The Kier molecular flexibility index (Phi) is 7.46. The van der Waals surface area contributed by atoms with Crippen molar-refractivity contribution < 1.29 is 9.59 Å². The van der Waals surface area contributed by atoms with Crippen LogP contribution in [0.15, 0.2) is 106 Å². The van der Waals surface area contributed by atoms with Crippen LogP contribution >= 0.6 is 39.0 Å². The van der Waals surface area contributed by atoms with Gasteiger partial charge in [0.05, 0.1) is 11.4 Å². The molecule has 36 heavy (non-hydrogen) atoms. The molecule has 0 saturated carbocycles. The van der Waals surface area contributed by atoms with E-state index in [4.69, 9.17) is 0 Å². The van der Waals surface area contributed by atoms with E-state index in [0.717, 1.165) is 31.4 Å². The standard InChI is InChI=1S/C28H20BrN3O2S2/c29-22-9-7-19(8-10-22)25-16-36-28(31-25)32-26(33)17-35-24-13-11-23(12-14-24)30-27(34)21-6-5-18-3-1-2-4-20(18)15-21/h1-16H,17H2,(H,30,34)(H,31,32,33). The number of nitrogens with one attached hydrogen (secondary N) is 2. The molecule has 2 N–H and O–H groups in total. The van der Waals surface area contributed by atoms with Crippen LogP contribution in [0.4, 0.5) is 10.8 Å². The average molecular weight is 575 g/mol. The van der Waals surface area contributed by atoms with E-state index in [-0.39, 0.29) is 17.6 Å². The summed E-state index contributed by atoms with van der Waals surface area (Å²) in [6.45, 7) is 0. The Balaban J connectivity index is 1.13. The van der Waals surface area contributed by atoms with Crippen molar-refractivity contribution in [1.29, 1.82) is 0 Å². The monoisotopic (exact) mass is 573 g/mol. The van der Waals surface area contributed by atoms with Crippen molar-refractivity contribution in [3.63, 3.8) is 0 Å². The number of hydrogen-bond acceptors (Lipinski definition) is 5. The highest BCUT2D eigenvalue weighted by atomic mass is 79.9. The van der Waals surface area contributed by atoms with E-state index >= 15 is 0 Å². The van der Waals surface area contributed by atoms with E-state index in [1.165, 1.54) is 23.1 Å². The second-order valence-corrected chi connectivity index (χ2v) is 10.7. The largest absolute Gasteiger partial charge is 0.322 e. The zero-order chi connectivity index (χ0) is 24.9. The Bertz CT molecular complexity index is 1530. The number of thioether (sulfide) groups is 1. The maximum absolute atomic E-state index is 12.7. The Hall–Kier alpha value is -3.46. The molecule has 5 aromatic rings. The van der Waals surface area contributed by atoms with Crippen LogP contribution in [0.1, 0.15) is 10.4 Å². The Labute approximate surface area is 225 Å². The average Bonchev–Trinajstić information content (AvgIpc) is 3.36. The molecule has 1 heterocycles. The van der Waals surface area contributed by atoms with Crippen LogP contribution in [-0.2, 0) is 4.79 Å². The molecule has 0 radical (unpaired) electrons. The second-order valence-electron chi connectivity index (χ2n) is 7.92. The lowest BCUT2D eigenvalue weighted by Crippen LogP contribution is -2.13. The number of anilines is 2. The number of nitrogens with zero attached hydrogens (tertiary/aromatic N) is 1. The third-order valence-corrected chi connectivity index (χ3v) is 7.68. The summed E-state index contributed by atoms with van der Waals surface area (Å²) in [5, 5.41) is 10.4. The molecule has 5 nitrogen and oxygen atoms in total. The van der Waals surface area contributed by atoms with Gasteiger partial charge >= 0.3 is 0 Å². The summed E-state index contributed by atoms with van der Waals surface area (Å²) < 4.78 is 1.01. The van der Waals surface area contributed by atoms with Crippen LogP contribution in [0, 0.1) is 0 Å². The fourth-order valence-electron chi connectivity index (χ4n) is 3.56. The Morgan fingerprint density at radius 3 is 2.39 bits per heavy atom. The Morgan fingerprint density at radius 2 is 1.61 bits per heavy atom. The number of fused-ring (bicyclic) bond motifs is 1. The van der Waals surface area contributed by atoms with Crippen LogP contribution < -0.4 is 10.6 Å². The van der Waals surface area contributed by atoms with E-state index in [1.807, 2.05) is 96.4 Å². The smallest absolute Gasteiger partial charge is 0.255 e. The molecule has 0 unspecified atom stereocenters. The molecule has 4 aromatic carbocycles. The number of hydrogen-bond donors (Lipinski definition) is 2. The number of aromatic nitrogens is 1. The SMILES string of the molecule is O=C(CSc1ccc(NC(=O)c2ccc3ccccc3c2)cc1)Nc1nc(-c2ccc(Br)cc2)cs1. The van der Waals surface area contributed by atoms with Gasteiger partial charge in [-0.05, 0) is 59.3 Å². The summed E-state index contributed by atoms with van der Waals surface area (Å²) in [4.78, 5) is 30.5. The highest BCUT2D eigenvalue weighted by molar-refractivity contribution is 9.10. The van der Waals surface area contributed by atoms with Crippen molar-refractivity contribution in [2.75, 3.05) is 16.4 Å². The number of thiazole rings is 1. The van der Waals surface area contributed by atoms with Gasteiger partial charge in [0.2, 0.25) is 5.91 Å². The molecule has 0 atom stereocenters. The lowest BCUT2D eigenvalue weighted by atomic mass is 10.1. The third-order valence-electron chi connectivity index (χ3n) is 5.38. The molecule has 0 fully saturated rings. The van der Waals surface area contributed by atoms with Crippen LogP contribution in [-0.4, -0.2) is 22.6 Å². The molecule has 2 amide bonds. The van der Waals surface area contributed by atoms with Gasteiger partial charge in [-0.1, -0.05) is 58.4 Å². The van der Waals surface area contributed by atoms with E-state index < -0.39 is 0 Å². The molecule has 0 saturated heterocycles. The fraction of sp³-hybridized carbons (Fsp3) is 0.0357. The number of carbonyl (C=O) groups is 2. The van der Waals surface area contributed by atoms with E-state index in [1.54, 1.807) is 0 Å². The van der Waals surface area contributed by atoms with Crippen molar-refractivity contribution in [1.82, 2.24) is 4.98 Å². The summed E-state index contributed by atoms with van der Waals surface area (Å²) in [7, 11) is 0. The molecule has 178 valence electrons. The minimum Gasteiger partial charge on any atom is -0.322 e. The maximum atomic E-state index is 12.7. The first-order valence-corrected chi connectivity index (χ1v) is 13.7. The predicted molar refractivity (Wildman–Crippen MR) is 153 cm³/mol. The van der Waals surface area contributed by atoms with E-state index in [2.05, 4.69) is 31.5 Å². The van der Waals surface area contributed by atoms with Gasteiger partial charge < -0.3 is 10.6 Å². The molecule has 0 spiro atoms. The maximum Gasteiger partial charge on any atom is 0.255 e. The second kappa shape index (κ2) is 11.1. The predicted octanol–water partition coefficient (Wildman–Crippen LogP) is 7.71. The summed E-state index contributed by atoms with van der Waals surface area (Å²) in [6.07, 6.45) is 0. The van der Waals surface area contributed by atoms with Gasteiger partial charge in [-0.25, -0.2) is 4.98 Å². The number of benzene rings is 4. The van der Waals surface area contributed by atoms with Crippen molar-refractivity contribution in [2.24, 2.45) is 0 Å². The first-order chi connectivity index (χ1) is 17.5. The first-order valence-electron chi connectivity index (χ1n) is 11.1. The molecule has 0 aliphatic heterocycles. The van der Waals surface area contributed by atoms with Crippen molar-refractivity contribution >= 4 is 72.4 Å². The normalized spacial score (nSPS) is 10.8. The number of carbonyl (C=O) groups excluding carboxylic acids is 2. The van der Waals surface area contributed by atoms with Gasteiger partial charge in [0.15, 0.2) is 5.13 Å². The van der Waals surface area contributed by atoms with Crippen LogP contribution in [0.2, 0.25) is 0 Å². The van der Waals surface area contributed by atoms with Crippen molar-refractivity contribution in [3.05, 3.63) is 106 Å². The number of amides is 2. The number of rotatable bonds is 7. The molecule has 0 aliphatic rings. The van der Waals surface area contributed by atoms with E-state index in [0.29, 0.717) is 16.4 Å². The minimum absolute atomic E-state index is 0.120. The molecule has 0 bridgehead atoms. The van der Waals surface area contributed by atoms with E-state index in [9.17, 15) is 9.59 Å². The van der Waals surface area contributed by atoms with Crippen LogP contribution in [0.25, 0.3) is 22.0 Å². The summed E-state index contributed by atoms with van der Waals surface area (Å²) in [6, 6.07) is 28.9. The summed E-state index contributed by atoms with van der Waals surface area (Å²) in [5.74, 6) is -0.0208. The van der Waals surface area contributed by atoms with Crippen LogP contribution in [0.5, 0.6) is 0 Å². The molecular weight excluding hydrogens is 554 g/mol. The van der Waals surface area contributed by atoms with Gasteiger partial charge in [-0.2, -0.15) is 0 Å². The first kappa shape index (κ1) is 24.2. The van der Waals surface area contributed by atoms with Crippen molar-refractivity contribution in [3.8, 4) is 11.3 Å². The third kappa shape index (κ3) is 6.02. The summed E-state index contributed by atoms with van der Waals surface area (Å²) in [5.41, 5.74) is 3.13. The zero-order valence-corrected chi connectivity index (χ0v) is 22.1. The Morgan fingerprint density at radius 1 is 0.861 bits per heavy atom. The van der Waals surface area contributed by atoms with Gasteiger partial charge in [-0.15, -0.1) is 23.1 Å². The van der Waals surface area contributed by atoms with Crippen LogP contribution in [0.3, 0.4) is 0 Å². The summed E-state index contributed by atoms with van der Waals surface area (Å²) >= 11 is 6.25. The quantitative estimate of drug-likeness (QED) is 0.195. The van der Waals surface area contributed by atoms with Gasteiger partial charge in [0.1, 0.15) is 0 Å². The fourth-order valence-corrected chi connectivity index (χ4v) is 5.26. The highest BCUT2D eigenvalue weighted by Crippen LogP contribution is 2.27. The molecule has 1 aromatic heterocycles.